The van der Waals surface area contributed by atoms with Crippen molar-refractivity contribution in [2.75, 3.05) is 19.0 Å². The third-order valence-electron chi connectivity index (χ3n) is 3.14. The molecule has 4 heteroatoms. The number of fused-ring (bicyclic) bond motifs is 1. The first kappa shape index (κ1) is 11.5. The number of nitrogens with one attached hydrogen (secondary N) is 1. The molecule has 1 aliphatic rings. The van der Waals surface area contributed by atoms with Gasteiger partial charge in [0, 0.05) is 12.1 Å². The molecule has 3 nitrogen and oxygen atoms in total. The molecule has 1 aliphatic heterocycles. The van der Waals surface area contributed by atoms with Gasteiger partial charge in [0.25, 0.3) is 0 Å². The van der Waals surface area contributed by atoms with E-state index in [2.05, 4.69) is 11.4 Å². The maximum atomic E-state index is 5.26. The SMILES string of the molecule is COc1cccc(-c2nc3c(s2)NCCCC3)c1. The number of aromatic nitrogens is 1. The number of rotatable bonds is 2. The summed E-state index contributed by atoms with van der Waals surface area (Å²) >= 11 is 1.74. The van der Waals surface area contributed by atoms with Crippen molar-refractivity contribution in [1.29, 1.82) is 0 Å². The number of anilines is 1. The average Bonchev–Trinajstić information content (AvgIpc) is 2.70. The van der Waals surface area contributed by atoms with Crippen molar-refractivity contribution in [1.82, 2.24) is 4.98 Å². The summed E-state index contributed by atoms with van der Waals surface area (Å²) in [6.07, 6.45) is 3.54. The van der Waals surface area contributed by atoms with E-state index in [0.29, 0.717) is 0 Å². The van der Waals surface area contributed by atoms with Gasteiger partial charge in [-0.15, -0.1) is 0 Å². The molecule has 0 amide bonds. The zero-order valence-corrected chi connectivity index (χ0v) is 11.2. The predicted molar refractivity (Wildman–Crippen MR) is 75.5 cm³/mol. The summed E-state index contributed by atoms with van der Waals surface area (Å²) in [5.74, 6) is 0.880. The summed E-state index contributed by atoms with van der Waals surface area (Å²) in [5.41, 5.74) is 2.35. The number of hydrogen-bond acceptors (Lipinski definition) is 4. The van der Waals surface area contributed by atoms with Gasteiger partial charge in [0.05, 0.1) is 12.8 Å². The van der Waals surface area contributed by atoms with E-state index in [4.69, 9.17) is 9.72 Å². The largest absolute Gasteiger partial charge is 0.497 e. The number of benzene rings is 1. The Labute approximate surface area is 111 Å². The molecule has 1 aromatic carbocycles. The third kappa shape index (κ3) is 2.20. The molecule has 2 aromatic rings. The molecule has 18 heavy (non-hydrogen) atoms. The molecule has 0 spiro atoms. The highest BCUT2D eigenvalue weighted by Gasteiger charge is 2.14. The van der Waals surface area contributed by atoms with Crippen LogP contribution in [0.25, 0.3) is 10.6 Å². The highest BCUT2D eigenvalue weighted by atomic mass is 32.1. The molecule has 0 atom stereocenters. The molecule has 1 aromatic heterocycles. The second-order valence-corrected chi connectivity index (χ2v) is 5.41. The van der Waals surface area contributed by atoms with Gasteiger partial charge in [-0.3, -0.25) is 0 Å². The van der Waals surface area contributed by atoms with E-state index in [0.717, 1.165) is 29.3 Å². The van der Waals surface area contributed by atoms with Gasteiger partial charge in [0.15, 0.2) is 0 Å². The molecule has 0 bridgehead atoms. The molecule has 94 valence electrons. The number of thiazole rings is 1. The Morgan fingerprint density at radius 2 is 2.28 bits per heavy atom. The van der Waals surface area contributed by atoms with E-state index in [1.807, 2.05) is 18.2 Å². The molecule has 0 saturated carbocycles. The van der Waals surface area contributed by atoms with Gasteiger partial charge in [0.2, 0.25) is 0 Å². The second-order valence-electron chi connectivity index (χ2n) is 4.41. The Morgan fingerprint density at radius 1 is 1.33 bits per heavy atom. The first-order chi connectivity index (χ1) is 8.86. The van der Waals surface area contributed by atoms with Crippen molar-refractivity contribution in [2.24, 2.45) is 0 Å². The fourth-order valence-electron chi connectivity index (χ4n) is 2.16. The summed E-state index contributed by atoms with van der Waals surface area (Å²) in [6.45, 7) is 1.06. The minimum atomic E-state index is 0.880. The number of ether oxygens (including phenoxy) is 1. The molecule has 3 rings (SSSR count). The Balaban J connectivity index is 1.96. The van der Waals surface area contributed by atoms with Gasteiger partial charge in [0.1, 0.15) is 15.8 Å². The standard InChI is InChI=1S/C14H16N2OS/c1-17-11-6-4-5-10(9-11)13-16-12-7-2-3-8-15-14(12)18-13/h4-6,9,15H,2-3,7-8H2,1H3. The molecular weight excluding hydrogens is 244 g/mol. The van der Waals surface area contributed by atoms with Crippen LogP contribution in [0.5, 0.6) is 5.75 Å². The second kappa shape index (κ2) is 4.98. The van der Waals surface area contributed by atoms with E-state index < -0.39 is 0 Å². The molecule has 0 radical (unpaired) electrons. The van der Waals surface area contributed by atoms with Gasteiger partial charge in [-0.2, -0.15) is 0 Å². The lowest BCUT2D eigenvalue weighted by molar-refractivity contribution is 0.415. The van der Waals surface area contributed by atoms with Crippen molar-refractivity contribution >= 4 is 16.3 Å². The van der Waals surface area contributed by atoms with Crippen LogP contribution in [0.3, 0.4) is 0 Å². The van der Waals surface area contributed by atoms with E-state index in [-0.39, 0.29) is 0 Å². The predicted octanol–water partition coefficient (Wildman–Crippen LogP) is 3.57. The Kier molecular flexibility index (Phi) is 3.19. The van der Waals surface area contributed by atoms with E-state index in [1.54, 1.807) is 18.4 Å². The van der Waals surface area contributed by atoms with E-state index in [1.165, 1.54) is 23.5 Å². The van der Waals surface area contributed by atoms with Gasteiger partial charge in [-0.25, -0.2) is 4.98 Å². The van der Waals surface area contributed by atoms with Gasteiger partial charge >= 0.3 is 0 Å². The lowest BCUT2D eigenvalue weighted by Crippen LogP contribution is -1.96. The van der Waals surface area contributed by atoms with E-state index >= 15 is 0 Å². The fourth-order valence-corrected chi connectivity index (χ4v) is 3.19. The molecule has 2 heterocycles. The van der Waals surface area contributed by atoms with Crippen LogP contribution in [0, 0.1) is 0 Å². The normalized spacial score (nSPS) is 14.5. The minimum absolute atomic E-state index is 0.880. The van der Waals surface area contributed by atoms with E-state index in [9.17, 15) is 0 Å². The summed E-state index contributed by atoms with van der Waals surface area (Å²) in [5, 5.41) is 5.79. The highest BCUT2D eigenvalue weighted by molar-refractivity contribution is 7.19. The van der Waals surface area contributed by atoms with Crippen molar-refractivity contribution in [3.63, 3.8) is 0 Å². The third-order valence-corrected chi connectivity index (χ3v) is 4.24. The van der Waals surface area contributed by atoms with Crippen molar-refractivity contribution in [3.05, 3.63) is 30.0 Å². The fraction of sp³-hybridized carbons (Fsp3) is 0.357. The Bertz CT molecular complexity index is 527. The van der Waals surface area contributed by atoms with Crippen LogP contribution in [0.4, 0.5) is 5.00 Å². The summed E-state index contributed by atoms with van der Waals surface area (Å²) in [7, 11) is 1.69. The van der Waals surface area contributed by atoms with Crippen molar-refractivity contribution in [3.8, 4) is 16.3 Å². The molecule has 0 aliphatic carbocycles. The van der Waals surface area contributed by atoms with Crippen LogP contribution in [-0.4, -0.2) is 18.6 Å². The molecule has 0 saturated heterocycles. The monoisotopic (exact) mass is 260 g/mol. The first-order valence-electron chi connectivity index (χ1n) is 6.25. The number of methoxy groups -OCH3 is 1. The summed E-state index contributed by atoms with van der Waals surface area (Å²) in [6, 6.07) is 8.09. The molecule has 0 fully saturated rings. The van der Waals surface area contributed by atoms with Crippen LogP contribution >= 0.6 is 11.3 Å². The average molecular weight is 260 g/mol. The zero-order valence-electron chi connectivity index (χ0n) is 10.4. The Hall–Kier alpha value is -1.55. The Morgan fingerprint density at radius 3 is 3.17 bits per heavy atom. The zero-order chi connectivity index (χ0) is 12.4. The molecule has 0 unspecified atom stereocenters. The van der Waals surface area contributed by atoms with Crippen LogP contribution in [0.1, 0.15) is 18.5 Å². The molecular formula is C14H16N2OS. The summed E-state index contributed by atoms with van der Waals surface area (Å²) < 4.78 is 5.26. The smallest absolute Gasteiger partial charge is 0.125 e. The molecule has 1 N–H and O–H groups in total. The number of nitrogens with zero attached hydrogens (tertiary/aromatic N) is 1. The highest BCUT2D eigenvalue weighted by Crippen LogP contribution is 2.35. The lowest BCUT2D eigenvalue weighted by Gasteiger charge is -2.01. The summed E-state index contributed by atoms with van der Waals surface area (Å²) in [4.78, 5) is 4.76. The maximum Gasteiger partial charge on any atom is 0.125 e. The first-order valence-corrected chi connectivity index (χ1v) is 7.06. The van der Waals surface area contributed by atoms with Crippen molar-refractivity contribution < 1.29 is 4.74 Å². The van der Waals surface area contributed by atoms with Crippen LogP contribution in [0.2, 0.25) is 0 Å². The van der Waals surface area contributed by atoms with Gasteiger partial charge in [-0.05, 0) is 31.4 Å². The maximum absolute atomic E-state index is 5.26. The quantitative estimate of drug-likeness (QED) is 0.896. The number of aryl methyl sites for hydroxylation is 1. The van der Waals surface area contributed by atoms with Gasteiger partial charge < -0.3 is 10.1 Å². The van der Waals surface area contributed by atoms with Crippen LogP contribution in [-0.2, 0) is 6.42 Å². The van der Waals surface area contributed by atoms with Crippen LogP contribution < -0.4 is 10.1 Å². The lowest BCUT2D eigenvalue weighted by atomic mass is 10.2. The topological polar surface area (TPSA) is 34.1 Å². The minimum Gasteiger partial charge on any atom is -0.497 e. The van der Waals surface area contributed by atoms with Crippen molar-refractivity contribution in [2.45, 2.75) is 19.3 Å². The number of hydrogen-bond donors (Lipinski definition) is 1. The van der Waals surface area contributed by atoms with Gasteiger partial charge in [-0.1, -0.05) is 23.5 Å². The van der Waals surface area contributed by atoms with Crippen LogP contribution in [0.15, 0.2) is 24.3 Å².